The van der Waals surface area contributed by atoms with Gasteiger partial charge >= 0.3 is 5.97 Å². The number of rotatable bonds is 3. The first-order valence-electron chi connectivity index (χ1n) is 4.48. The Kier molecular flexibility index (Phi) is 3.86. The summed E-state index contributed by atoms with van der Waals surface area (Å²) in [4.78, 5) is 11.5. The second kappa shape index (κ2) is 5.14. The Morgan fingerprint density at radius 2 is 2.19 bits per heavy atom. The third kappa shape index (κ3) is 1.97. The van der Waals surface area contributed by atoms with Gasteiger partial charge in [-0.25, -0.2) is 4.79 Å². The van der Waals surface area contributed by atoms with Gasteiger partial charge in [-0.1, -0.05) is 6.07 Å². The standard InChI is InChI=1S/C11H11NO4/c1-15-10-7(5-12)3-4-8(6-13)9(10)11(14)16-2/h3-4,13H,6H2,1-2H3. The summed E-state index contributed by atoms with van der Waals surface area (Å²) >= 11 is 0. The van der Waals surface area contributed by atoms with Crippen molar-refractivity contribution < 1.29 is 19.4 Å². The lowest BCUT2D eigenvalue weighted by atomic mass is 10.0. The number of ether oxygens (including phenoxy) is 2. The number of aliphatic hydroxyl groups excluding tert-OH is 1. The van der Waals surface area contributed by atoms with E-state index < -0.39 is 5.97 Å². The lowest BCUT2D eigenvalue weighted by Crippen LogP contribution is -2.09. The number of esters is 1. The first-order chi connectivity index (χ1) is 7.69. The molecular formula is C11H11NO4. The summed E-state index contributed by atoms with van der Waals surface area (Å²) in [6.45, 7) is -0.327. The normalized spacial score (nSPS) is 9.38. The molecule has 1 aromatic carbocycles. The van der Waals surface area contributed by atoms with Gasteiger partial charge in [0, 0.05) is 0 Å². The molecule has 0 aliphatic carbocycles. The zero-order valence-corrected chi connectivity index (χ0v) is 8.98. The lowest BCUT2D eigenvalue weighted by Gasteiger charge is -2.11. The molecule has 16 heavy (non-hydrogen) atoms. The van der Waals surface area contributed by atoms with Gasteiger partial charge in [0.2, 0.25) is 0 Å². The number of aliphatic hydroxyl groups is 1. The summed E-state index contributed by atoms with van der Waals surface area (Å²) in [6.07, 6.45) is 0. The maximum atomic E-state index is 11.5. The summed E-state index contributed by atoms with van der Waals surface area (Å²) in [5.41, 5.74) is 0.675. The van der Waals surface area contributed by atoms with E-state index in [2.05, 4.69) is 4.74 Å². The van der Waals surface area contributed by atoms with Crippen molar-refractivity contribution in [2.24, 2.45) is 0 Å². The SMILES string of the molecule is COC(=O)c1c(CO)ccc(C#N)c1OC. The van der Waals surface area contributed by atoms with Gasteiger partial charge in [-0.05, 0) is 11.6 Å². The number of carbonyl (C=O) groups is 1. The second-order valence-corrected chi connectivity index (χ2v) is 2.94. The minimum atomic E-state index is -0.641. The van der Waals surface area contributed by atoms with Crippen molar-refractivity contribution in [1.82, 2.24) is 0 Å². The largest absolute Gasteiger partial charge is 0.494 e. The minimum absolute atomic E-state index is 0.0894. The number of hydrogen-bond donors (Lipinski definition) is 1. The smallest absolute Gasteiger partial charge is 0.342 e. The fourth-order valence-electron chi connectivity index (χ4n) is 1.38. The topological polar surface area (TPSA) is 79.5 Å². The number of hydrogen-bond acceptors (Lipinski definition) is 5. The number of methoxy groups -OCH3 is 2. The van der Waals surface area contributed by atoms with Crippen LogP contribution in [0.25, 0.3) is 0 Å². The molecule has 0 aromatic heterocycles. The van der Waals surface area contributed by atoms with Gasteiger partial charge in [0.25, 0.3) is 0 Å². The van der Waals surface area contributed by atoms with Crippen molar-refractivity contribution in [2.45, 2.75) is 6.61 Å². The van der Waals surface area contributed by atoms with E-state index in [1.807, 2.05) is 6.07 Å². The van der Waals surface area contributed by atoms with E-state index in [0.29, 0.717) is 5.56 Å². The van der Waals surface area contributed by atoms with Crippen LogP contribution in [0.5, 0.6) is 5.75 Å². The quantitative estimate of drug-likeness (QED) is 0.765. The molecule has 0 saturated carbocycles. The van der Waals surface area contributed by atoms with Crippen molar-refractivity contribution in [2.75, 3.05) is 14.2 Å². The predicted molar refractivity (Wildman–Crippen MR) is 55.0 cm³/mol. The van der Waals surface area contributed by atoms with Crippen molar-refractivity contribution in [3.63, 3.8) is 0 Å². The highest BCUT2D eigenvalue weighted by molar-refractivity contribution is 5.95. The molecule has 0 heterocycles. The third-order valence-electron chi connectivity index (χ3n) is 2.13. The van der Waals surface area contributed by atoms with E-state index in [0.717, 1.165) is 0 Å². The van der Waals surface area contributed by atoms with Crippen LogP contribution in [0.3, 0.4) is 0 Å². The van der Waals surface area contributed by atoms with Gasteiger partial charge in [-0.15, -0.1) is 0 Å². The molecule has 0 bridgehead atoms. The fourth-order valence-corrected chi connectivity index (χ4v) is 1.38. The highest BCUT2D eigenvalue weighted by atomic mass is 16.5. The highest BCUT2D eigenvalue weighted by Crippen LogP contribution is 2.27. The van der Waals surface area contributed by atoms with Gasteiger partial charge in [-0.2, -0.15) is 5.26 Å². The molecule has 0 radical (unpaired) electrons. The Hall–Kier alpha value is -2.06. The monoisotopic (exact) mass is 221 g/mol. The molecule has 0 spiro atoms. The van der Waals surface area contributed by atoms with Gasteiger partial charge in [0.15, 0.2) is 5.75 Å². The van der Waals surface area contributed by atoms with Crippen molar-refractivity contribution in [1.29, 1.82) is 5.26 Å². The van der Waals surface area contributed by atoms with Crippen LogP contribution in [-0.4, -0.2) is 25.3 Å². The predicted octanol–water partition coefficient (Wildman–Crippen LogP) is 0.846. The van der Waals surface area contributed by atoms with E-state index >= 15 is 0 Å². The van der Waals surface area contributed by atoms with Crippen molar-refractivity contribution in [3.8, 4) is 11.8 Å². The molecule has 0 atom stereocenters. The van der Waals surface area contributed by atoms with Crippen LogP contribution in [-0.2, 0) is 11.3 Å². The summed E-state index contributed by atoms with van der Waals surface area (Å²) in [6, 6.07) is 4.88. The molecule has 1 N–H and O–H groups in total. The van der Waals surface area contributed by atoms with Crippen LogP contribution >= 0.6 is 0 Å². The molecule has 0 saturated heterocycles. The molecule has 0 aliphatic heterocycles. The first-order valence-corrected chi connectivity index (χ1v) is 4.48. The Labute approximate surface area is 92.8 Å². The van der Waals surface area contributed by atoms with Gasteiger partial charge in [0.1, 0.15) is 11.6 Å². The Bertz CT molecular complexity index is 448. The molecular weight excluding hydrogens is 210 g/mol. The zero-order valence-electron chi connectivity index (χ0n) is 8.98. The van der Waals surface area contributed by atoms with Crippen LogP contribution in [0, 0.1) is 11.3 Å². The summed E-state index contributed by atoms with van der Waals surface area (Å²) < 4.78 is 9.58. The second-order valence-electron chi connectivity index (χ2n) is 2.94. The molecule has 5 nitrogen and oxygen atoms in total. The summed E-state index contributed by atoms with van der Waals surface area (Å²) in [7, 11) is 2.58. The molecule has 0 unspecified atom stereocenters. The van der Waals surface area contributed by atoms with E-state index in [1.54, 1.807) is 0 Å². The summed E-state index contributed by atoms with van der Waals surface area (Å²) in [5.74, 6) is -0.515. The van der Waals surface area contributed by atoms with Gasteiger partial charge in [0.05, 0.1) is 26.4 Å². The van der Waals surface area contributed by atoms with E-state index in [4.69, 9.17) is 15.1 Å². The lowest BCUT2D eigenvalue weighted by molar-refractivity contribution is 0.0593. The van der Waals surface area contributed by atoms with Crippen LogP contribution in [0.4, 0.5) is 0 Å². The van der Waals surface area contributed by atoms with Crippen LogP contribution < -0.4 is 4.74 Å². The number of nitriles is 1. The van der Waals surface area contributed by atoms with Crippen LogP contribution in [0.1, 0.15) is 21.5 Å². The average Bonchev–Trinajstić information content (AvgIpc) is 2.35. The Morgan fingerprint density at radius 1 is 1.50 bits per heavy atom. The fraction of sp³-hybridized carbons (Fsp3) is 0.273. The van der Waals surface area contributed by atoms with Crippen molar-refractivity contribution >= 4 is 5.97 Å². The van der Waals surface area contributed by atoms with Crippen LogP contribution in [0.2, 0.25) is 0 Å². The molecule has 0 fully saturated rings. The molecule has 5 heteroatoms. The average molecular weight is 221 g/mol. The third-order valence-corrected chi connectivity index (χ3v) is 2.13. The van der Waals surface area contributed by atoms with E-state index in [-0.39, 0.29) is 23.5 Å². The minimum Gasteiger partial charge on any atom is -0.494 e. The molecule has 0 amide bonds. The Balaban J connectivity index is 3.50. The molecule has 0 aliphatic rings. The summed E-state index contributed by atoms with van der Waals surface area (Å²) in [5, 5.41) is 17.9. The maximum absolute atomic E-state index is 11.5. The number of carbonyl (C=O) groups excluding carboxylic acids is 1. The number of nitrogens with zero attached hydrogens (tertiary/aromatic N) is 1. The highest BCUT2D eigenvalue weighted by Gasteiger charge is 2.20. The van der Waals surface area contributed by atoms with Crippen molar-refractivity contribution in [3.05, 3.63) is 28.8 Å². The molecule has 1 aromatic rings. The van der Waals surface area contributed by atoms with E-state index in [9.17, 15) is 4.79 Å². The molecule has 1 rings (SSSR count). The van der Waals surface area contributed by atoms with E-state index in [1.165, 1.54) is 26.4 Å². The van der Waals surface area contributed by atoms with Gasteiger partial charge < -0.3 is 14.6 Å². The zero-order chi connectivity index (χ0) is 12.1. The maximum Gasteiger partial charge on any atom is 0.342 e. The van der Waals surface area contributed by atoms with Gasteiger partial charge in [-0.3, -0.25) is 0 Å². The first kappa shape index (κ1) is 12.0. The van der Waals surface area contributed by atoms with Crippen LogP contribution in [0.15, 0.2) is 12.1 Å². The Morgan fingerprint density at radius 3 is 2.62 bits per heavy atom. The molecule has 84 valence electrons. The number of benzene rings is 1.